The highest BCUT2D eigenvalue weighted by molar-refractivity contribution is 6.12. The van der Waals surface area contributed by atoms with Crippen molar-refractivity contribution in [3.8, 4) is 23.0 Å². The topological polar surface area (TPSA) is 153 Å². The van der Waals surface area contributed by atoms with Crippen molar-refractivity contribution in [1.29, 1.82) is 0 Å². The molecule has 0 saturated carbocycles. The van der Waals surface area contributed by atoms with Gasteiger partial charge in [0, 0.05) is 55.9 Å². The number of nitrogens with zero attached hydrogens (tertiary/aromatic N) is 2. The molecule has 1 saturated heterocycles. The van der Waals surface area contributed by atoms with Crippen LogP contribution in [-0.2, 0) is 49.1 Å². The number of carbonyl (C=O) groups excluding carboxylic acids is 3. The van der Waals surface area contributed by atoms with Gasteiger partial charge >= 0.3 is 18.3 Å². The summed E-state index contributed by atoms with van der Waals surface area (Å²) in [4.78, 5) is 56.4. The van der Waals surface area contributed by atoms with Gasteiger partial charge in [-0.1, -0.05) is 84.9 Å². The van der Waals surface area contributed by atoms with Crippen LogP contribution in [0.5, 0.6) is 23.0 Å². The number of rotatable bonds is 19. The number of ether oxygens (including phenoxy) is 5. The Hall–Kier alpha value is -8.06. The highest BCUT2D eigenvalue weighted by Gasteiger charge is 2.37. The molecule has 13 nitrogen and oxygen atoms in total. The van der Waals surface area contributed by atoms with E-state index in [2.05, 4.69) is 5.32 Å². The second-order valence-electron chi connectivity index (χ2n) is 17.4. The highest BCUT2D eigenvalue weighted by Crippen LogP contribution is 2.36. The summed E-state index contributed by atoms with van der Waals surface area (Å²) < 4.78 is 105. The summed E-state index contributed by atoms with van der Waals surface area (Å²) >= 11 is 0. The first-order chi connectivity index (χ1) is 36.4. The van der Waals surface area contributed by atoms with Crippen LogP contribution in [-0.4, -0.2) is 89.6 Å². The van der Waals surface area contributed by atoms with Crippen molar-refractivity contribution in [3.05, 3.63) is 179 Å². The third kappa shape index (κ3) is 15.0. The molecular weight excluding hydrogens is 1000 g/mol. The van der Waals surface area contributed by atoms with E-state index in [1.54, 1.807) is 97.1 Å². The number of methoxy groups -OCH3 is 4. The number of carboxylic acids is 1. The molecule has 402 valence electrons. The van der Waals surface area contributed by atoms with Crippen LogP contribution < -0.4 is 34.1 Å². The fourth-order valence-electron chi connectivity index (χ4n) is 8.45. The number of halogens is 6. The van der Waals surface area contributed by atoms with E-state index in [9.17, 15) is 50.6 Å². The van der Waals surface area contributed by atoms with Gasteiger partial charge in [-0.25, -0.2) is 0 Å². The van der Waals surface area contributed by atoms with Gasteiger partial charge in [0.2, 0.25) is 17.7 Å². The SMILES string of the molecule is COc1ccc(N(CCc2ccc(C(F)(F)F)cc2)C(=O)C(C(=O)NC2CCOCC2)c2ccccc2)cc1OC.COc1ccc(N(CCc2ccc(C(F)(F)F)cc2)C(=O)C(C(=O)O)c2ccccc2)cc1OC. The molecular formula is C57H57F6N3O10. The standard InChI is InChI=1S/C31H33F3N2O5.C26H24F3NO5/c1-39-26-13-12-25(20-27(26)40-2)36(17-14-21-8-10-23(11-9-21)31(32,33)34)30(38)28(22-6-4-3-5-7-22)29(37)35-24-15-18-41-19-16-24;1-34-21-13-12-20(16-22(21)35-2)30(15-14-17-8-10-19(11-9-17)26(27,28)29)24(31)23(25(32)33)18-6-4-3-5-7-18/h3-13,20,24,28H,14-19H2,1-2H3,(H,35,37);3-13,16,23H,14-15H2,1-2H3,(H,32,33). The van der Waals surface area contributed by atoms with Gasteiger partial charge in [0.05, 0.1) is 39.6 Å². The molecule has 3 amide bonds. The Bertz CT molecular complexity index is 2860. The molecule has 0 spiro atoms. The molecule has 2 N–H and O–H groups in total. The average Bonchev–Trinajstić information content (AvgIpc) is 3.42. The highest BCUT2D eigenvalue weighted by atomic mass is 19.4. The molecule has 6 aromatic carbocycles. The van der Waals surface area contributed by atoms with Gasteiger partial charge in [-0.05, 0) is 96.5 Å². The summed E-state index contributed by atoms with van der Waals surface area (Å²) in [6.45, 7) is 1.18. The molecule has 2 atom stereocenters. The monoisotopic (exact) mass is 1060 g/mol. The quantitative estimate of drug-likeness (QED) is 0.0592. The van der Waals surface area contributed by atoms with Crippen molar-refractivity contribution in [1.82, 2.24) is 5.32 Å². The van der Waals surface area contributed by atoms with Crippen LogP contribution in [0.3, 0.4) is 0 Å². The van der Waals surface area contributed by atoms with Crippen LogP contribution in [0.2, 0.25) is 0 Å². The summed E-state index contributed by atoms with van der Waals surface area (Å²) in [5, 5.41) is 12.9. The molecule has 1 aliphatic heterocycles. The van der Waals surface area contributed by atoms with Crippen molar-refractivity contribution < 1.29 is 74.3 Å². The molecule has 0 bridgehead atoms. The first-order valence-corrected chi connectivity index (χ1v) is 24.0. The number of alkyl halides is 6. The van der Waals surface area contributed by atoms with Gasteiger partial charge in [-0.15, -0.1) is 0 Å². The van der Waals surface area contributed by atoms with Crippen LogP contribution in [0.4, 0.5) is 37.7 Å². The number of nitrogens with one attached hydrogen (secondary N) is 1. The largest absolute Gasteiger partial charge is 0.493 e. The number of carbonyl (C=O) groups is 4. The van der Waals surface area contributed by atoms with Crippen molar-refractivity contribution in [2.75, 3.05) is 64.5 Å². The number of carboxylic acid groups (broad SMARTS) is 1. The van der Waals surface area contributed by atoms with E-state index in [0.29, 0.717) is 82.7 Å². The van der Waals surface area contributed by atoms with Crippen molar-refractivity contribution in [2.45, 2.75) is 55.9 Å². The Balaban J connectivity index is 0.000000250. The van der Waals surface area contributed by atoms with E-state index in [1.165, 1.54) is 62.5 Å². The Labute approximate surface area is 435 Å². The minimum absolute atomic E-state index is 0.0241. The fraction of sp³-hybridized carbons (Fsp3) is 0.298. The lowest BCUT2D eigenvalue weighted by Crippen LogP contribution is -2.47. The van der Waals surface area contributed by atoms with Crippen LogP contribution in [0.15, 0.2) is 146 Å². The van der Waals surface area contributed by atoms with E-state index in [0.717, 1.165) is 24.3 Å². The van der Waals surface area contributed by atoms with E-state index < -0.39 is 59.0 Å². The third-order valence-corrected chi connectivity index (χ3v) is 12.5. The zero-order chi connectivity index (χ0) is 55.0. The van der Waals surface area contributed by atoms with E-state index >= 15 is 0 Å². The van der Waals surface area contributed by atoms with Gasteiger partial charge in [0.25, 0.3) is 0 Å². The van der Waals surface area contributed by atoms with Crippen molar-refractivity contribution in [2.24, 2.45) is 0 Å². The van der Waals surface area contributed by atoms with E-state index in [-0.39, 0.29) is 32.0 Å². The average molecular weight is 1060 g/mol. The Kier molecular flexibility index (Phi) is 19.9. The smallest absolute Gasteiger partial charge is 0.416 e. The van der Waals surface area contributed by atoms with Crippen LogP contribution >= 0.6 is 0 Å². The minimum atomic E-state index is -4.45. The maximum atomic E-state index is 14.3. The molecule has 0 aliphatic carbocycles. The van der Waals surface area contributed by atoms with Crippen LogP contribution in [0.25, 0.3) is 0 Å². The first-order valence-electron chi connectivity index (χ1n) is 24.0. The lowest BCUT2D eigenvalue weighted by atomic mass is 9.95. The number of hydrogen-bond donors (Lipinski definition) is 2. The molecule has 6 aromatic rings. The zero-order valence-electron chi connectivity index (χ0n) is 42.0. The van der Waals surface area contributed by atoms with E-state index in [4.69, 9.17) is 23.7 Å². The van der Waals surface area contributed by atoms with Gasteiger partial charge in [-0.3, -0.25) is 19.2 Å². The summed E-state index contributed by atoms with van der Waals surface area (Å²) in [5.74, 6) is -3.93. The molecule has 0 aromatic heterocycles. The van der Waals surface area contributed by atoms with Gasteiger partial charge < -0.3 is 43.9 Å². The second-order valence-corrected chi connectivity index (χ2v) is 17.4. The maximum Gasteiger partial charge on any atom is 0.416 e. The molecule has 0 radical (unpaired) electrons. The lowest BCUT2D eigenvalue weighted by Gasteiger charge is -2.30. The van der Waals surface area contributed by atoms with Crippen molar-refractivity contribution >= 4 is 35.1 Å². The third-order valence-electron chi connectivity index (χ3n) is 12.5. The lowest BCUT2D eigenvalue weighted by molar-refractivity contribution is -0.143. The molecule has 76 heavy (non-hydrogen) atoms. The number of amides is 3. The van der Waals surface area contributed by atoms with Crippen LogP contribution in [0, 0.1) is 0 Å². The minimum Gasteiger partial charge on any atom is -0.493 e. The molecule has 1 aliphatic rings. The normalized spacial score (nSPS) is 13.4. The summed E-state index contributed by atoms with van der Waals surface area (Å²) in [7, 11) is 5.86. The number of benzene rings is 6. The number of aliphatic carboxylic acids is 1. The molecule has 2 unspecified atom stereocenters. The number of hydrogen-bond acceptors (Lipinski definition) is 9. The fourth-order valence-corrected chi connectivity index (χ4v) is 8.45. The molecule has 19 heteroatoms. The predicted molar refractivity (Wildman–Crippen MR) is 272 cm³/mol. The maximum absolute atomic E-state index is 14.3. The summed E-state index contributed by atoms with van der Waals surface area (Å²) in [6, 6.07) is 36.0. The predicted octanol–water partition coefficient (Wildman–Crippen LogP) is 10.5. The Morgan fingerprint density at radius 1 is 0.553 bits per heavy atom. The zero-order valence-corrected chi connectivity index (χ0v) is 42.0. The second kappa shape index (κ2) is 26.4. The first kappa shape index (κ1) is 57.2. The summed E-state index contributed by atoms with van der Waals surface area (Å²) in [6.07, 6.45) is -7.16. The molecule has 1 heterocycles. The Morgan fingerprint density at radius 3 is 1.30 bits per heavy atom. The van der Waals surface area contributed by atoms with E-state index in [1.807, 2.05) is 0 Å². The molecule has 1 fully saturated rings. The summed E-state index contributed by atoms with van der Waals surface area (Å²) in [5.41, 5.74) is 1.31. The Morgan fingerprint density at radius 2 is 0.934 bits per heavy atom. The molecule has 7 rings (SSSR count). The van der Waals surface area contributed by atoms with Gasteiger partial charge in [-0.2, -0.15) is 26.3 Å². The van der Waals surface area contributed by atoms with Crippen LogP contribution in [0.1, 0.15) is 58.1 Å². The van der Waals surface area contributed by atoms with Crippen molar-refractivity contribution in [3.63, 3.8) is 0 Å². The van der Waals surface area contributed by atoms with Gasteiger partial charge in [0.1, 0.15) is 5.92 Å². The number of anilines is 2. The van der Waals surface area contributed by atoms with Gasteiger partial charge in [0.15, 0.2) is 28.9 Å².